The molecule has 0 saturated heterocycles. The second-order valence-corrected chi connectivity index (χ2v) is 7.44. The Labute approximate surface area is 135 Å². The minimum absolute atomic E-state index is 0.243. The van der Waals surface area contributed by atoms with Crippen LogP contribution in [0.4, 0.5) is 5.69 Å². The Kier molecular flexibility index (Phi) is 3.43. The van der Waals surface area contributed by atoms with Crippen molar-refractivity contribution in [2.45, 2.75) is 17.9 Å². The molecule has 23 heavy (non-hydrogen) atoms. The molecule has 0 aliphatic carbocycles. The van der Waals surface area contributed by atoms with Crippen molar-refractivity contribution in [2.75, 3.05) is 18.4 Å². The molecule has 2 aromatic rings. The first kappa shape index (κ1) is 14.4. The number of hydrogen-bond donors (Lipinski definition) is 1. The van der Waals surface area contributed by atoms with Crippen molar-refractivity contribution in [2.24, 2.45) is 4.40 Å². The molecule has 0 atom stereocenters. The highest BCUT2D eigenvalue weighted by molar-refractivity contribution is 7.90. The van der Waals surface area contributed by atoms with Crippen LogP contribution in [0.1, 0.15) is 11.1 Å². The largest absolute Gasteiger partial charge is 0.341 e. The van der Waals surface area contributed by atoms with Gasteiger partial charge in [0, 0.05) is 13.1 Å². The van der Waals surface area contributed by atoms with Gasteiger partial charge in [0.25, 0.3) is 10.0 Å². The van der Waals surface area contributed by atoms with E-state index in [-0.39, 0.29) is 4.90 Å². The van der Waals surface area contributed by atoms with Gasteiger partial charge >= 0.3 is 0 Å². The molecule has 6 heteroatoms. The highest BCUT2D eigenvalue weighted by atomic mass is 32.2. The van der Waals surface area contributed by atoms with Gasteiger partial charge in [-0.25, -0.2) is 0 Å². The van der Waals surface area contributed by atoms with E-state index in [9.17, 15) is 8.42 Å². The summed E-state index contributed by atoms with van der Waals surface area (Å²) in [7, 11) is -3.60. The summed E-state index contributed by atoms with van der Waals surface area (Å²) in [6.07, 6.45) is 0.979. The number of anilines is 1. The van der Waals surface area contributed by atoms with E-state index in [1.807, 2.05) is 12.1 Å². The molecule has 0 fully saturated rings. The average molecular weight is 327 g/mol. The van der Waals surface area contributed by atoms with E-state index in [1.54, 1.807) is 18.2 Å². The van der Waals surface area contributed by atoms with Crippen molar-refractivity contribution in [3.8, 4) is 0 Å². The fourth-order valence-corrected chi connectivity index (χ4v) is 4.28. The van der Waals surface area contributed by atoms with Gasteiger partial charge in [-0.3, -0.25) is 4.90 Å². The fraction of sp³-hybridized carbons (Fsp3) is 0.235. The number of nitrogens with one attached hydrogen (secondary N) is 1. The summed E-state index contributed by atoms with van der Waals surface area (Å²) in [5, 5.41) is 3.15. The zero-order valence-electron chi connectivity index (χ0n) is 12.6. The maximum absolute atomic E-state index is 12.3. The van der Waals surface area contributed by atoms with Gasteiger partial charge in [0.1, 0.15) is 10.7 Å². The molecule has 0 saturated carbocycles. The summed E-state index contributed by atoms with van der Waals surface area (Å²) >= 11 is 0. The minimum Gasteiger partial charge on any atom is -0.341 e. The fourth-order valence-electron chi connectivity index (χ4n) is 3.14. The van der Waals surface area contributed by atoms with Crippen LogP contribution in [0, 0.1) is 0 Å². The highest BCUT2D eigenvalue weighted by Gasteiger charge is 2.26. The average Bonchev–Trinajstić information content (AvgIpc) is 2.54. The Hall–Kier alpha value is -2.18. The van der Waals surface area contributed by atoms with Gasteiger partial charge in [-0.05, 0) is 29.7 Å². The van der Waals surface area contributed by atoms with E-state index in [2.05, 4.69) is 32.8 Å². The maximum atomic E-state index is 12.3. The number of benzene rings is 2. The normalized spacial score (nSPS) is 19.2. The summed E-state index contributed by atoms with van der Waals surface area (Å²) in [6.45, 7) is 2.22. The zero-order chi connectivity index (χ0) is 15.9. The number of sulfonamides is 1. The van der Waals surface area contributed by atoms with Gasteiger partial charge in [0.2, 0.25) is 0 Å². The number of para-hydroxylation sites is 1. The summed E-state index contributed by atoms with van der Waals surface area (Å²) in [5.41, 5.74) is 3.29. The Morgan fingerprint density at radius 3 is 2.65 bits per heavy atom. The Morgan fingerprint density at radius 1 is 1.04 bits per heavy atom. The first-order chi connectivity index (χ1) is 11.1. The molecule has 0 bridgehead atoms. The van der Waals surface area contributed by atoms with Crippen LogP contribution in [0.3, 0.4) is 0 Å². The van der Waals surface area contributed by atoms with E-state index >= 15 is 0 Å². The van der Waals surface area contributed by atoms with E-state index in [4.69, 9.17) is 0 Å². The van der Waals surface area contributed by atoms with Crippen LogP contribution >= 0.6 is 0 Å². The van der Waals surface area contributed by atoms with E-state index in [0.717, 1.165) is 19.5 Å². The topological polar surface area (TPSA) is 61.8 Å². The van der Waals surface area contributed by atoms with Gasteiger partial charge in [0.05, 0.1) is 12.2 Å². The highest BCUT2D eigenvalue weighted by Crippen LogP contribution is 2.27. The van der Waals surface area contributed by atoms with Crippen molar-refractivity contribution in [1.82, 2.24) is 4.90 Å². The van der Waals surface area contributed by atoms with Crippen molar-refractivity contribution >= 4 is 21.5 Å². The summed E-state index contributed by atoms with van der Waals surface area (Å²) in [5.74, 6) is 0.489. The van der Waals surface area contributed by atoms with Crippen LogP contribution in [0.25, 0.3) is 0 Å². The van der Waals surface area contributed by atoms with Gasteiger partial charge < -0.3 is 5.32 Å². The van der Waals surface area contributed by atoms with Gasteiger partial charge in [-0.2, -0.15) is 8.42 Å². The van der Waals surface area contributed by atoms with Crippen LogP contribution in [-0.4, -0.2) is 32.2 Å². The Balaban J connectivity index is 1.56. The first-order valence-electron chi connectivity index (χ1n) is 7.61. The molecule has 2 heterocycles. The molecule has 118 valence electrons. The third kappa shape index (κ3) is 2.75. The molecule has 0 amide bonds. The lowest BCUT2D eigenvalue weighted by atomic mass is 10.00. The number of rotatable bonds is 2. The van der Waals surface area contributed by atoms with Crippen molar-refractivity contribution in [3.63, 3.8) is 0 Å². The Morgan fingerprint density at radius 2 is 1.78 bits per heavy atom. The van der Waals surface area contributed by atoms with E-state index < -0.39 is 10.0 Å². The number of amidine groups is 1. The van der Waals surface area contributed by atoms with Crippen molar-refractivity contribution in [1.29, 1.82) is 0 Å². The Bertz CT molecular complexity index is 890. The van der Waals surface area contributed by atoms with Crippen LogP contribution in [0.5, 0.6) is 0 Å². The molecule has 2 aromatic carbocycles. The first-order valence-corrected chi connectivity index (χ1v) is 9.05. The second-order valence-electron chi connectivity index (χ2n) is 5.86. The smallest absolute Gasteiger partial charge is 0.286 e. The molecular weight excluding hydrogens is 310 g/mol. The van der Waals surface area contributed by atoms with Crippen molar-refractivity contribution < 1.29 is 8.42 Å². The molecule has 5 nitrogen and oxygen atoms in total. The predicted octanol–water partition coefficient (Wildman–Crippen LogP) is 2.26. The lowest BCUT2D eigenvalue weighted by Gasteiger charge is -2.30. The molecule has 0 unspecified atom stereocenters. The standard InChI is InChI=1S/C17H17N3O2S/c21-23(22)16-8-4-3-7-15(16)18-17(19-23)12-20-10-9-13-5-1-2-6-14(13)11-20/h1-8H,9-12H2,(H,18,19). The lowest BCUT2D eigenvalue weighted by molar-refractivity contribution is 0.290. The second kappa shape index (κ2) is 5.47. The van der Waals surface area contributed by atoms with Gasteiger partial charge in [-0.15, -0.1) is 4.40 Å². The summed E-state index contributed by atoms with van der Waals surface area (Å²) in [6, 6.07) is 15.3. The predicted molar refractivity (Wildman–Crippen MR) is 90.1 cm³/mol. The number of fused-ring (bicyclic) bond motifs is 2. The number of nitrogens with zero attached hydrogens (tertiary/aromatic N) is 2. The summed E-state index contributed by atoms with van der Waals surface area (Å²) in [4.78, 5) is 2.46. The minimum atomic E-state index is -3.60. The molecule has 0 aromatic heterocycles. The lowest BCUT2D eigenvalue weighted by Crippen LogP contribution is -2.38. The molecule has 2 aliphatic rings. The number of hydrogen-bond acceptors (Lipinski definition) is 4. The van der Waals surface area contributed by atoms with Crippen LogP contribution in [0.15, 0.2) is 57.8 Å². The summed E-state index contributed by atoms with van der Waals surface area (Å²) < 4.78 is 28.5. The van der Waals surface area contributed by atoms with Crippen LogP contribution in [-0.2, 0) is 23.0 Å². The quantitative estimate of drug-likeness (QED) is 0.919. The maximum Gasteiger partial charge on any atom is 0.286 e. The van der Waals surface area contributed by atoms with Gasteiger partial charge in [0.15, 0.2) is 0 Å². The van der Waals surface area contributed by atoms with E-state index in [1.165, 1.54) is 11.1 Å². The molecule has 0 radical (unpaired) electrons. The molecule has 0 spiro atoms. The third-order valence-corrected chi connectivity index (χ3v) is 5.63. The molecule has 2 aliphatic heterocycles. The van der Waals surface area contributed by atoms with Crippen LogP contribution in [0.2, 0.25) is 0 Å². The molecule has 4 rings (SSSR count). The van der Waals surface area contributed by atoms with Crippen LogP contribution < -0.4 is 5.32 Å². The zero-order valence-corrected chi connectivity index (χ0v) is 13.4. The molecular formula is C17H17N3O2S. The SMILES string of the molecule is O=S1(=O)N=C(CN2CCc3ccccc3C2)Nc2ccccc21. The monoisotopic (exact) mass is 327 g/mol. The van der Waals surface area contributed by atoms with Gasteiger partial charge in [-0.1, -0.05) is 36.4 Å². The third-order valence-electron chi connectivity index (χ3n) is 4.26. The molecule has 1 N–H and O–H groups in total. The van der Waals surface area contributed by atoms with Crippen molar-refractivity contribution in [3.05, 3.63) is 59.7 Å². The van der Waals surface area contributed by atoms with E-state index in [0.29, 0.717) is 18.1 Å².